The van der Waals surface area contributed by atoms with E-state index in [9.17, 15) is 19.2 Å². The number of hydrogen-bond donors (Lipinski definition) is 0. The molecule has 0 N–H and O–H groups in total. The van der Waals surface area contributed by atoms with Gasteiger partial charge in [-0.1, -0.05) is 56.4 Å². The van der Waals surface area contributed by atoms with Crippen LogP contribution in [0.3, 0.4) is 0 Å². The lowest BCUT2D eigenvalue weighted by molar-refractivity contribution is -0.122. The van der Waals surface area contributed by atoms with E-state index in [1.54, 1.807) is 29.7 Å². The van der Waals surface area contributed by atoms with Crippen molar-refractivity contribution < 1.29 is 9.18 Å². The zero-order chi connectivity index (χ0) is 26.7. The van der Waals surface area contributed by atoms with Crippen LogP contribution < -0.4 is 10.5 Å². The number of carbonyl (C=O) groups is 1. The van der Waals surface area contributed by atoms with Crippen molar-refractivity contribution in [3.8, 4) is 6.07 Å². The number of amides is 1. The van der Waals surface area contributed by atoms with Crippen molar-refractivity contribution in [3.05, 3.63) is 67.6 Å². The second-order valence-corrected chi connectivity index (χ2v) is 11.4. The number of pyridine rings is 1. The minimum Gasteiger partial charge on any atom is -0.357 e. The van der Waals surface area contributed by atoms with E-state index in [0.717, 1.165) is 55.7 Å². The number of carbonyl (C=O) groups excluding carboxylic acids is 1. The Morgan fingerprint density at radius 3 is 2.65 bits per heavy atom. The number of piperidine rings is 1. The number of benzene rings is 1. The monoisotopic (exact) mass is 538 g/mol. The Labute approximate surface area is 226 Å². The quantitative estimate of drug-likeness (QED) is 0.337. The summed E-state index contributed by atoms with van der Waals surface area (Å²) in [6.07, 6.45) is 5.67. The fourth-order valence-corrected chi connectivity index (χ4v) is 6.17. The molecule has 1 atom stereocenters. The van der Waals surface area contributed by atoms with E-state index in [1.807, 2.05) is 0 Å². The maximum atomic E-state index is 13.4. The normalized spacial score (nSPS) is 19.1. The van der Waals surface area contributed by atoms with Gasteiger partial charge in [-0.15, -0.1) is 0 Å². The number of aromatic nitrogens is 1. The molecule has 0 saturated carbocycles. The predicted molar refractivity (Wildman–Crippen MR) is 151 cm³/mol. The van der Waals surface area contributed by atoms with Gasteiger partial charge < -0.3 is 4.90 Å². The van der Waals surface area contributed by atoms with Gasteiger partial charge >= 0.3 is 0 Å². The Kier molecular flexibility index (Phi) is 8.50. The molecule has 2 fully saturated rings. The van der Waals surface area contributed by atoms with E-state index >= 15 is 0 Å². The van der Waals surface area contributed by atoms with Crippen molar-refractivity contribution in [1.29, 1.82) is 5.26 Å². The highest BCUT2D eigenvalue weighted by molar-refractivity contribution is 8.26. The lowest BCUT2D eigenvalue weighted by atomic mass is 9.98. The largest absolute Gasteiger partial charge is 0.357 e. The Morgan fingerprint density at radius 1 is 1.27 bits per heavy atom. The summed E-state index contributed by atoms with van der Waals surface area (Å²) in [6, 6.07) is 8.11. The van der Waals surface area contributed by atoms with E-state index in [1.165, 1.54) is 28.8 Å². The number of halogens is 1. The second-order valence-electron chi connectivity index (χ2n) is 9.75. The van der Waals surface area contributed by atoms with E-state index in [-0.39, 0.29) is 29.4 Å². The number of nitrogens with zero attached hydrogens (tertiary/aromatic N) is 4. The summed E-state index contributed by atoms with van der Waals surface area (Å²) in [4.78, 5) is 31.1. The zero-order valence-electron chi connectivity index (χ0n) is 21.4. The van der Waals surface area contributed by atoms with Gasteiger partial charge in [0.2, 0.25) is 0 Å². The fraction of sp³-hybridized carbons (Fsp3) is 0.429. The van der Waals surface area contributed by atoms with Gasteiger partial charge in [-0.2, -0.15) is 5.26 Å². The molecule has 0 bridgehead atoms. The summed E-state index contributed by atoms with van der Waals surface area (Å²) in [5.74, 6) is 0.684. The zero-order valence-corrected chi connectivity index (χ0v) is 23.1. The maximum Gasteiger partial charge on any atom is 0.270 e. The minimum absolute atomic E-state index is 0.109. The molecule has 1 amide bonds. The molecule has 9 heteroatoms. The summed E-state index contributed by atoms with van der Waals surface area (Å²) >= 11 is 6.74. The lowest BCUT2D eigenvalue weighted by Gasteiger charge is -2.36. The highest BCUT2D eigenvalue weighted by Crippen LogP contribution is 2.37. The van der Waals surface area contributed by atoms with E-state index in [4.69, 9.17) is 12.2 Å². The van der Waals surface area contributed by atoms with Gasteiger partial charge in [0, 0.05) is 25.2 Å². The average molecular weight is 539 g/mol. The van der Waals surface area contributed by atoms with Crippen molar-refractivity contribution >= 4 is 46.1 Å². The molecule has 3 heterocycles. The van der Waals surface area contributed by atoms with Crippen LogP contribution in [0.5, 0.6) is 0 Å². The molecule has 2 saturated heterocycles. The number of hydrogen-bond acceptors (Lipinski definition) is 6. The number of thioether (sulfide) groups is 1. The van der Waals surface area contributed by atoms with Crippen LogP contribution in [0.1, 0.15) is 61.8 Å². The first-order valence-corrected chi connectivity index (χ1v) is 13.9. The average Bonchev–Trinajstić information content (AvgIpc) is 3.13. The number of nitriles is 1. The third-order valence-electron chi connectivity index (χ3n) is 6.94. The van der Waals surface area contributed by atoms with Crippen LogP contribution in [0.25, 0.3) is 6.08 Å². The second kappa shape index (κ2) is 11.6. The molecule has 1 aromatic heterocycles. The Balaban J connectivity index is 1.81. The van der Waals surface area contributed by atoms with Crippen molar-refractivity contribution in [2.45, 2.75) is 59.5 Å². The Morgan fingerprint density at radius 2 is 2.00 bits per heavy atom. The van der Waals surface area contributed by atoms with Crippen LogP contribution in [-0.2, 0) is 17.9 Å². The first-order chi connectivity index (χ1) is 17.7. The third-order valence-corrected chi connectivity index (χ3v) is 8.32. The van der Waals surface area contributed by atoms with Crippen LogP contribution in [-0.4, -0.2) is 32.8 Å². The fourth-order valence-electron chi connectivity index (χ4n) is 4.93. The summed E-state index contributed by atoms with van der Waals surface area (Å²) in [5.41, 5.74) is 1.92. The number of thiocarbonyl (C=S) groups is 1. The summed E-state index contributed by atoms with van der Waals surface area (Å²) in [6.45, 7) is 8.44. The molecule has 37 heavy (non-hydrogen) atoms. The molecule has 2 aliphatic rings. The molecule has 4 rings (SSSR count). The standard InChI is InChI=1S/C28H31FN4O2S2/c1-4-5-13-32-25(31-12-6-7-18(2)16-31)22(19(3)23(15-30)26(32)34)14-24-27(35)33(28(36)37-24)17-20-8-10-21(29)11-9-20/h8-11,14,18H,4-7,12-13,16-17H2,1-3H3. The molecular formula is C28H31FN4O2S2. The molecule has 0 radical (unpaired) electrons. The molecule has 0 aliphatic carbocycles. The number of unbranched alkanes of at least 4 members (excludes halogenated alkanes) is 1. The summed E-state index contributed by atoms with van der Waals surface area (Å²) in [7, 11) is 0. The highest BCUT2D eigenvalue weighted by Gasteiger charge is 2.33. The van der Waals surface area contributed by atoms with Crippen LogP contribution in [0.4, 0.5) is 10.2 Å². The highest BCUT2D eigenvalue weighted by atomic mass is 32.2. The Hall–Kier alpha value is -2.96. The van der Waals surface area contributed by atoms with Crippen molar-refractivity contribution in [3.63, 3.8) is 0 Å². The van der Waals surface area contributed by atoms with Gasteiger partial charge in [0.1, 0.15) is 27.6 Å². The lowest BCUT2D eigenvalue weighted by Crippen LogP contribution is -2.40. The minimum atomic E-state index is -0.337. The van der Waals surface area contributed by atoms with Crippen LogP contribution in [0.2, 0.25) is 0 Å². The number of anilines is 1. The van der Waals surface area contributed by atoms with Gasteiger partial charge in [-0.05, 0) is 61.4 Å². The predicted octanol–water partition coefficient (Wildman–Crippen LogP) is 5.61. The van der Waals surface area contributed by atoms with Gasteiger partial charge in [0.15, 0.2) is 0 Å². The summed E-state index contributed by atoms with van der Waals surface area (Å²) < 4.78 is 15.5. The number of rotatable bonds is 7. The van der Waals surface area contributed by atoms with Gasteiger partial charge in [-0.25, -0.2) is 4.39 Å². The van der Waals surface area contributed by atoms with E-state index < -0.39 is 0 Å². The first kappa shape index (κ1) is 27.1. The van der Waals surface area contributed by atoms with Crippen molar-refractivity contribution in [2.24, 2.45) is 5.92 Å². The van der Waals surface area contributed by atoms with Crippen molar-refractivity contribution in [2.75, 3.05) is 18.0 Å². The topological polar surface area (TPSA) is 69.3 Å². The SMILES string of the molecule is CCCCn1c(N2CCCC(C)C2)c(C=C2SC(=S)N(Cc3ccc(F)cc3)C2=O)c(C)c(C#N)c1=O. The molecule has 0 spiro atoms. The van der Waals surface area contributed by atoms with Crippen LogP contribution in [0, 0.1) is 30.0 Å². The maximum absolute atomic E-state index is 13.4. The van der Waals surface area contributed by atoms with Gasteiger partial charge in [-0.3, -0.25) is 19.1 Å². The van der Waals surface area contributed by atoms with Gasteiger partial charge in [0.25, 0.3) is 11.5 Å². The molecular weight excluding hydrogens is 507 g/mol. The van der Waals surface area contributed by atoms with E-state index in [2.05, 4.69) is 24.8 Å². The molecule has 1 unspecified atom stereocenters. The van der Waals surface area contributed by atoms with Crippen LogP contribution in [0.15, 0.2) is 34.0 Å². The van der Waals surface area contributed by atoms with Crippen molar-refractivity contribution in [1.82, 2.24) is 9.47 Å². The molecule has 2 aromatic rings. The van der Waals surface area contributed by atoms with E-state index in [0.29, 0.717) is 27.3 Å². The molecule has 194 valence electrons. The smallest absolute Gasteiger partial charge is 0.270 e. The van der Waals surface area contributed by atoms with Crippen LogP contribution >= 0.6 is 24.0 Å². The van der Waals surface area contributed by atoms with Gasteiger partial charge in [0.05, 0.1) is 11.4 Å². The third kappa shape index (κ3) is 5.65. The molecule has 6 nitrogen and oxygen atoms in total. The summed E-state index contributed by atoms with van der Waals surface area (Å²) in [5, 5.41) is 9.87. The molecule has 1 aromatic carbocycles. The first-order valence-electron chi connectivity index (χ1n) is 12.7. The Bertz CT molecular complexity index is 1340. The molecule has 2 aliphatic heterocycles.